The van der Waals surface area contributed by atoms with E-state index in [1.807, 2.05) is 16.3 Å². The fourth-order valence-corrected chi connectivity index (χ4v) is 4.93. The summed E-state index contributed by atoms with van der Waals surface area (Å²) < 4.78 is 15.1. The molecule has 142 valence electrons. The third kappa shape index (κ3) is 2.65. The van der Waals surface area contributed by atoms with Gasteiger partial charge in [-0.15, -0.1) is 11.3 Å². The van der Waals surface area contributed by atoms with Gasteiger partial charge in [0.2, 0.25) is 0 Å². The summed E-state index contributed by atoms with van der Waals surface area (Å²) in [6.45, 7) is 1.59. The Kier molecular flexibility index (Phi) is 4.03. The van der Waals surface area contributed by atoms with Gasteiger partial charge in [-0.05, 0) is 55.8 Å². The number of carbonyl (C=O) groups excluding carboxylic acids is 1. The smallest absolute Gasteiger partial charge is 0.193 e. The number of hydrogen-bond donors (Lipinski definition) is 0. The molecule has 5 nitrogen and oxygen atoms in total. The monoisotopic (exact) mass is 394 g/mol. The van der Waals surface area contributed by atoms with Gasteiger partial charge in [0.1, 0.15) is 11.5 Å². The second kappa shape index (κ2) is 6.46. The van der Waals surface area contributed by atoms with Gasteiger partial charge in [0, 0.05) is 18.5 Å². The molecule has 3 aromatic rings. The molecule has 2 aromatic heterocycles. The standard InChI is InChI=1S/C21H19FN4OS/c1-25-7-6-15-8-19-14(10-24-26(19)17-4-2-16(22)3-5-17)9-21(15,12-25)20(27)18-11-28-13-23-18/h2-5,8,10-11,13H,6-7,9,12H2,1H3/t21-/m0/s1. The minimum Gasteiger partial charge on any atom is -0.305 e. The van der Waals surface area contributed by atoms with Crippen molar-refractivity contribution in [1.29, 1.82) is 0 Å². The topological polar surface area (TPSA) is 51.0 Å². The van der Waals surface area contributed by atoms with Crippen LogP contribution in [0, 0.1) is 11.2 Å². The van der Waals surface area contributed by atoms with Gasteiger partial charge in [-0.25, -0.2) is 14.1 Å². The number of aromatic nitrogens is 3. The molecular weight excluding hydrogens is 375 g/mol. The summed E-state index contributed by atoms with van der Waals surface area (Å²) in [7, 11) is 2.06. The summed E-state index contributed by atoms with van der Waals surface area (Å²) in [6.07, 6.45) is 5.39. The fraction of sp³-hybridized carbons (Fsp3) is 0.286. The largest absolute Gasteiger partial charge is 0.305 e. The van der Waals surface area contributed by atoms with Crippen LogP contribution in [0.4, 0.5) is 4.39 Å². The average molecular weight is 394 g/mol. The molecule has 2 aliphatic rings. The number of fused-ring (bicyclic) bond motifs is 2. The Morgan fingerprint density at radius 3 is 2.86 bits per heavy atom. The molecule has 0 amide bonds. The van der Waals surface area contributed by atoms with Gasteiger partial charge >= 0.3 is 0 Å². The highest BCUT2D eigenvalue weighted by atomic mass is 32.1. The maximum absolute atomic E-state index is 13.5. The predicted octanol–water partition coefficient (Wildman–Crippen LogP) is 3.61. The van der Waals surface area contributed by atoms with E-state index in [0.29, 0.717) is 18.7 Å². The number of piperidine rings is 1. The molecule has 7 heteroatoms. The van der Waals surface area contributed by atoms with Crippen LogP contribution < -0.4 is 0 Å². The second-order valence-electron chi connectivity index (χ2n) is 7.56. The average Bonchev–Trinajstić information content (AvgIpc) is 3.36. The lowest BCUT2D eigenvalue weighted by Crippen LogP contribution is -2.50. The predicted molar refractivity (Wildman–Crippen MR) is 106 cm³/mol. The maximum atomic E-state index is 13.5. The molecule has 3 heterocycles. The molecule has 0 spiro atoms. The quantitative estimate of drug-likeness (QED) is 0.637. The lowest BCUT2D eigenvalue weighted by molar-refractivity contribution is 0.0728. The van der Waals surface area contributed by atoms with Gasteiger partial charge in [-0.2, -0.15) is 5.10 Å². The maximum Gasteiger partial charge on any atom is 0.193 e. The van der Waals surface area contributed by atoms with Crippen molar-refractivity contribution in [3.05, 3.63) is 69.7 Å². The minimum absolute atomic E-state index is 0.0896. The van der Waals surface area contributed by atoms with Crippen LogP contribution in [-0.4, -0.2) is 45.6 Å². The summed E-state index contributed by atoms with van der Waals surface area (Å²) in [4.78, 5) is 20.0. The number of likely N-dealkylation sites (tertiary alicyclic amines) is 1. The number of halogens is 1. The van der Waals surface area contributed by atoms with Gasteiger partial charge in [0.05, 0.1) is 28.5 Å². The van der Waals surface area contributed by atoms with Crippen molar-refractivity contribution in [2.75, 3.05) is 20.1 Å². The van der Waals surface area contributed by atoms with Gasteiger partial charge in [0.15, 0.2) is 5.78 Å². The summed E-state index contributed by atoms with van der Waals surface area (Å²) in [6, 6.07) is 6.31. The van der Waals surface area contributed by atoms with Crippen molar-refractivity contribution in [1.82, 2.24) is 19.7 Å². The van der Waals surface area contributed by atoms with Crippen LogP contribution in [0.5, 0.6) is 0 Å². The molecule has 1 aliphatic carbocycles. The number of nitrogens with zero attached hydrogens (tertiary/aromatic N) is 4. The zero-order chi connectivity index (χ0) is 19.3. The van der Waals surface area contributed by atoms with Crippen LogP contribution in [0.1, 0.15) is 28.2 Å². The number of carbonyl (C=O) groups is 1. The van der Waals surface area contributed by atoms with E-state index in [0.717, 1.165) is 35.5 Å². The first-order chi connectivity index (χ1) is 13.6. The highest BCUT2D eigenvalue weighted by molar-refractivity contribution is 7.07. The van der Waals surface area contributed by atoms with Crippen molar-refractivity contribution in [3.8, 4) is 5.69 Å². The van der Waals surface area contributed by atoms with E-state index >= 15 is 0 Å². The SMILES string of the molecule is CN1CCC2=Cc3c(cnn3-c3ccc(F)cc3)C[C@]2(C(=O)c2cscn2)C1. The van der Waals surface area contributed by atoms with E-state index < -0.39 is 5.41 Å². The van der Waals surface area contributed by atoms with Gasteiger partial charge in [-0.1, -0.05) is 5.57 Å². The lowest BCUT2D eigenvalue weighted by Gasteiger charge is -2.44. The van der Waals surface area contributed by atoms with E-state index in [2.05, 4.69) is 28.1 Å². The van der Waals surface area contributed by atoms with Crippen molar-refractivity contribution in [2.45, 2.75) is 12.8 Å². The van der Waals surface area contributed by atoms with Gasteiger partial charge in [0.25, 0.3) is 0 Å². The Labute approximate surface area is 166 Å². The van der Waals surface area contributed by atoms with E-state index in [1.54, 1.807) is 17.6 Å². The molecule has 0 bridgehead atoms. The molecule has 1 atom stereocenters. The highest BCUT2D eigenvalue weighted by Gasteiger charge is 2.48. The van der Waals surface area contributed by atoms with Crippen molar-refractivity contribution < 1.29 is 9.18 Å². The zero-order valence-corrected chi connectivity index (χ0v) is 16.2. The highest BCUT2D eigenvalue weighted by Crippen LogP contribution is 2.45. The molecule has 1 aromatic carbocycles. The number of thiazole rings is 1. The molecule has 0 N–H and O–H groups in total. The first kappa shape index (κ1) is 17.5. The third-order valence-corrected chi connectivity index (χ3v) is 6.36. The van der Waals surface area contributed by atoms with Gasteiger partial charge < -0.3 is 4.90 Å². The molecule has 0 unspecified atom stereocenters. The molecular formula is C21H19FN4OS. The van der Waals surface area contributed by atoms with Crippen molar-refractivity contribution in [3.63, 3.8) is 0 Å². The summed E-state index contributed by atoms with van der Waals surface area (Å²) in [5.74, 6) is -0.182. The second-order valence-corrected chi connectivity index (χ2v) is 8.28. The molecule has 28 heavy (non-hydrogen) atoms. The number of Topliss-reactive ketones (excluding diaryl/α,β-unsaturated/α-hetero) is 1. The van der Waals surface area contributed by atoms with Crippen molar-refractivity contribution >= 4 is 23.2 Å². The molecule has 0 radical (unpaired) electrons. The Morgan fingerprint density at radius 2 is 2.11 bits per heavy atom. The van der Waals surface area contributed by atoms with Crippen LogP contribution in [-0.2, 0) is 6.42 Å². The van der Waals surface area contributed by atoms with Crippen LogP contribution in [0.15, 0.2) is 46.9 Å². The Hall–Kier alpha value is -2.64. The molecule has 1 saturated heterocycles. The Bertz CT molecular complexity index is 1070. The summed E-state index contributed by atoms with van der Waals surface area (Å²) in [5.41, 5.74) is 5.62. The van der Waals surface area contributed by atoms with Crippen LogP contribution in [0.3, 0.4) is 0 Å². The first-order valence-corrected chi connectivity index (χ1v) is 10.2. The molecule has 5 rings (SSSR count). The van der Waals surface area contributed by atoms with E-state index in [1.165, 1.54) is 23.5 Å². The first-order valence-electron chi connectivity index (χ1n) is 9.22. The van der Waals surface area contributed by atoms with E-state index in [-0.39, 0.29) is 11.6 Å². The number of rotatable bonds is 3. The number of ketones is 1. The molecule has 1 fully saturated rings. The fourth-order valence-electron chi connectivity index (χ4n) is 4.40. The van der Waals surface area contributed by atoms with Gasteiger partial charge in [-0.3, -0.25) is 4.79 Å². The zero-order valence-electron chi connectivity index (χ0n) is 15.4. The normalized spacial score (nSPS) is 21.7. The third-order valence-electron chi connectivity index (χ3n) is 5.78. The molecule has 0 saturated carbocycles. The van der Waals surface area contributed by atoms with E-state index in [4.69, 9.17) is 0 Å². The summed E-state index contributed by atoms with van der Waals surface area (Å²) in [5, 5.41) is 6.37. The van der Waals surface area contributed by atoms with E-state index in [9.17, 15) is 9.18 Å². The summed E-state index contributed by atoms with van der Waals surface area (Å²) >= 11 is 1.44. The number of benzene rings is 1. The Morgan fingerprint density at radius 1 is 1.29 bits per heavy atom. The van der Waals surface area contributed by atoms with Crippen LogP contribution >= 0.6 is 11.3 Å². The van der Waals surface area contributed by atoms with Crippen LogP contribution in [0.25, 0.3) is 11.8 Å². The number of hydrogen-bond acceptors (Lipinski definition) is 5. The lowest BCUT2D eigenvalue weighted by atomic mass is 9.65. The minimum atomic E-state index is -0.593. The van der Waals surface area contributed by atoms with Crippen molar-refractivity contribution in [2.24, 2.45) is 5.41 Å². The van der Waals surface area contributed by atoms with Crippen LogP contribution in [0.2, 0.25) is 0 Å². The Balaban J connectivity index is 1.62. The molecule has 1 aliphatic heterocycles.